The van der Waals surface area contributed by atoms with Crippen molar-refractivity contribution in [3.05, 3.63) is 59.5 Å². The first-order chi connectivity index (χ1) is 16.3. The van der Waals surface area contributed by atoms with E-state index in [0.717, 1.165) is 12.1 Å². The van der Waals surface area contributed by atoms with E-state index in [4.69, 9.17) is 21.1 Å². The Labute approximate surface area is 201 Å². The summed E-state index contributed by atoms with van der Waals surface area (Å²) in [7, 11) is 0. The second-order valence-corrected chi connectivity index (χ2v) is 7.87. The summed E-state index contributed by atoms with van der Waals surface area (Å²) in [5.41, 5.74) is 0.975. The molecule has 1 saturated heterocycles. The monoisotopic (exact) mass is 490 g/mol. The maximum atomic E-state index is 14.5. The molecule has 1 aromatic carbocycles. The van der Waals surface area contributed by atoms with Crippen LogP contribution in [-0.4, -0.2) is 51.2 Å². The van der Waals surface area contributed by atoms with E-state index in [-0.39, 0.29) is 40.1 Å². The van der Waals surface area contributed by atoms with E-state index in [1.54, 1.807) is 19.9 Å². The zero-order chi connectivity index (χ0) is 24.8. The molecule has 0 spiro atoms. The summed E-state index contributed by atoms with van der Waals surface area (Å²) in [5.74, 6) is -1.30. The van der Waals surface area contributed by atoms with Crippen molar-refractivity contribution in [2.45, 2.75) is 39.9 Å². The molecule has 0 aliphatic carbocycles. The molecule has 0 N–H and O–H groups in total. The molecule has 10 heteroatoms. The highest BCUT2D eigenvalue weighted by Gasteiger charge is 2.34. The zero-order valence-electron chi connectivity index (χ0n) is 19.3. The van der Waals surface area contributed by atoms with Crippen LogP contribution >= 0.6 is 11.6 Å². The van der Waals surface area contributed by atoms with Crippen LogP contribution in [-0.2, 0) is 4.74 Å². The van der Waals surface area contributed by atoms with Crippen LogP contribution in [0.15, 0.2) is 42.9 Å². The number of carbonyl (C=O) groups excluding carboxylic acids is 1. The van der Waals surface area contributed by atoms with Gasteiger partial charge in [-0.1, -0.05) is 25.4 Å². The number of aromatic nitrogens is 3. The molecule has 0 atom stereocenters. The Kier molecular flexibility index (Phi) is 8.33. The average molecular weight is 491 g/mol. The smallest absolute Gasteiger partial charge is 0.410 e. The number of pyridine rings is 1. The number of rotatable bonds is 5. The molecule has 1 fully saturated rings. The lowest BCUT2D eigenvalue weighted by Gasteiger charge is -2.38. The van der Waals surface area contributed by atoms with Gasteiger partial charge in [-0.2, -0.15) is 0 Å². The van der Waals surface area contributed by atoms with Crippen LogP contribution in [0.2, 0.25) is 5.02 Å². The van der Waals surface area contributed by atoms with E-state index in [2.05, 4.69) is 15.0 Å². The lowest BCUT2D eigenvalue weighted by Crippen LogP contribution is -2.56. The molecular weight excluding hydrogens is 466 g/mol. The van der Waals surface area contributed by atoms with Gasteiger partial charge >= 0.3 is 6.09 Å². The molecule has 1 amide bonds. The van der Waals surface area contributed by atoms with Gasteiger partial charge in [0.15, 0.2) is 0 Å². The summed E-state index contributed by atoms with van der Waals surface area (Å²) in [4.78, 5) is 26.2. The van der Waals surface area contributed by atoms with Crippen molar-refractivity contribution in [2.24, 2.45) is 0 Å². The van der Waals surface area contributed by atoms with Crippen LogP contribution < -0.4 is 4.74 Å². The molecule has 4 rings (SSSR count). The maximum Gasteiger partial charge on any atom is 0.410 e. The number of ether oxygens (including phenoxy) is 2. The van der Waals surface area contributed by atoms with Gasteiger partial charge in [-0.3, -0.25) is 4.98 Å². The van der Waals surface area contributed by atoms with Gasteiger partial charge in [-0.05, 0) is 32.0 Å². The Hall–Kier alpha value is -3.33. The van der Waals surface area contributed by atoms with Crippen LogP contribution in [0.1, 0.15) is 27.7 Å². The van der Waals surface area contributed by atoms with Gasteiger partial charge in [0.25, 0.3) is 0 Å². The molecule has 1 aliphatic rings. The zero-order valence-corrected chi connectivity index (χ0v) is 20.0. The Morgan fingerprint density at radius 3 is 2.50 bits per heavy atom. The second-order valence-electron chi connectivity index (χ2n) is 7.46. The number of carbonyl (C=O) groups is 1. The van der Waals surface area contributed by atoms with Crippen molar-refractivity contribution < 1.29 is 23.0 Å². The highest BCUT2D eigenvalue weighted by atomic mass is 35.5. The SMILES string of the molecule is CC.CC(C)OC(=O)N1CC(Oc2cnc(-c3ccc(F)cc3F)c(-c3ccncc3Cl)n2)C1. The average Bonchev–Trinajstić information content (AvgIpc) is 2.77. The third kappa shape index (κ3) is 5.77. The molecule has 0 saturated carbocycles. The quantitative estimate of drug-likeness (QED) is 0.451. The van der Waals surface area contributed by atoms with E-state index in [1.807, 2.05) is 13.8 Å². The van der Waals surface area contributed by atoms with Gasteiger partial charge in [-0.25, -0.2) is 23.5 Å². The van der Waals surface area contributed by atoms with Crippen molar-refractivity contribution in [3.63, 3.8) is 0 Å². The van der Waals surface area contributed by atoms with Crippen molar-refractivity contribution in [1.82, 2.24) is 19.9 Å². The van der Waals surface area contributed by atoms with Crippen molar-refractivity contribution in [2.75, 3.05) is 13.1 Å². The van der Waals surface area contributed by atoms with Gasteiger partial charge < -0.3 is 14.4 Å². The number of halogens is 3. The fourth-order valence-electron chi connectivity index (χ4n) is 3.17. The van der Waals surface area contributed by atoms with E-state index < -0.39 is 17.7 Å². The summed E-state index contributed by atoms with van der Waals surface area (Å²) in [6.45, 7) is 8.23. The van der Waals surface area contributed by atoms with Crippen LogP contribution in [0, 0.1) is 11.6 Å². The molecule has 0 unspecified atom stereocenters. The first-order valence-electron chi connectivity index (χ1n) is 10.9. The third-order valence-electron chi connectivity index (χ3n) is 4.69. The summed E-state index contributed by atoms with van der Waals surface area (Å²) in [5, 5.41) is 0.286. The minimum absolute atomic E-state index is 0.0691. The number of likely N-dealkylation sites (tertiary alicyclic amines) is 1. The van der Waals surface area contributed by atoms with Gasteiger partial charge in [0.2, 0.25) is 5.88 Å². The fraction of sp³-hybridized carbons (Fsp3) is 0.333. The maximum absolute atomic E-state index is 14.5. The number of hydrogen-bond donors (Lipinski definition) is 0. The summed E-state index contributed by atoms with van der Waals surface area (Å²) in [6.07, 6.45) is 3.40. The molecule has 3 heterocycles. The Morgan fingerprint density at radius 1 is 1.12 bits per heavy atom. The normalized spacial score (nSPS) is 13.1. The van der Waals surface area contributed by atoms with Gasteiger partial charge in [-0.15, -0.1) is 0 Å². The lowest BCUT2D eigenvalue weighted by atomic mass is 10.0. The molecule has 7 nitrogen and oxygen atoms in total. The Balaban J connectivity index is 0.00000158. The lowest BCUT2D eigenvalue weighted by molar-refractivity contribution is -0.000148. The van der Waals surface area contributed by atoms with E-state index in [0.29, 0.717) is 18.7 Å². The molecule has 180 valence electrons. The second kappa shape index (κ2) is 11.2. The topological polar surface area (TPSA) is 77.4 Å². The van der Waals surface area contributed by atoms with Gasteiger partial charge in [0.1, 0.15) is 23.4 Å². The molecule has 34 heavy (non-hydrogen) atoms. The third-order valence-corrected chi connectivity index (χ3v) is 5.00. The predicted octanol–water partition coefficient (Wildman–Crippen LogP) is 5.77. The fourth-order valence-corrected chi connectivity index (χ4v) is 3.38. The predicted molar refractivity (Wildman–Crippen MR) is 125 cm³/mol. The van der Waals surface area contributed by atoms with Crippen molar-refractivity contribution >= 4 is 17.7 Å². The molecule has 0 bridgehead atoms. The number of amides is 1. The highest BCUT2D eigenvalue weighted by Crippen LogP contribution is 2.35. The minimum Gasteiger partial charge on any atom is -0.469 e. The van der Waals surface area contributed by atoms with E-state index >= 15 is 0 Å². The molecule has 2 aromatic heterocycles. The molecular formula is C24H25ClF2N4O3. The standard InChI is InChI=1S/C22H19ClF2N4O3.C2H6/c1-12(2)31-22(30)29-10-14(11-29)32-19-9-27-20(16-4-3-13(24)7-18(16)25)21(28-19)15-5-6-26-8-17(15)23;1-2/h3-9,12,14H,10-11H2,1-2H3;1-2H3. The summed E-state index contributed by atoms with van der Waals surface area (Å²) in [6, 6.07) is 4.83. The van der Waals surface area contributed by atoms with Crippen LogP contribution in [0.4, 0.5) is 13.6 Å². The minimum atomic E-state index is -0.780. The van der Waals surface area contributed by atoms with Crippen LogP contribution in [0.5, 0.6) is 5.88 Å². The molecule has 1 aliphatic heterocycles. The Morgan fingerprint density at radius 2 is 1.85 bits per heavy atom. The van der Waals surface area contributed by atoms with Crippen LogP contribution in [0.3, 0.4) is 0 Å². The van der Waals surface area contributed by atoms with Gasteiger partial charge in [0.05, 0.1) is 36.1 Å². The largest absolute Gasteiger partial charge is 0.469 e. The summed E-state index contributed by atoms with van der Waals surface area (Å²) < 4.78 is 38.9. The van der Waals surface area contributed by atoms with Crippen LogP contribution in [0.25, 0.3) is 22.5 Å². The van der Waals surface area contributed by atoms with Crippen molar-refractivity contribution in [3.8, 4) is 28.4 Å². The first kappa shape index (κ1) is 25.3. The number of benzene rings is 1. The molecule has 0 radical (unpaired) electrons. The highest BCUT2D eigenvalue weighted by molar-refractivity contribution is 6.33. The van der Waals surface area contributed by atoms with E-state index in [9.17, 15) is 13.6 Å². The molecule has 3 aromatic rings. The first-order valence-corrected chi connectivity index (χ1v) is 11.2. The number of hydrogen-bond acceptors (Lipinski definition) is 6. The van der Waals surface area contributed by atoms with Crippen molar-refractivity contribution in [1.29, 1.82) is 0 Å². The van der Waals surface area contributed by atoms with Gasteiger partial charge in [0, 0.05) is 29.6 Å². The number of nitrogens with zero attached hydrogens (tertiary/aromatic N) is 4. The van der Waals surface area contributed by atoms with E-state index in [1.165, 1.54) is 29.6 Å². The Bertz CT molecular complexity index is 1160. The summed E-state index contributed by atoms with van der Waals surface area (Å²) >= 11 is 6.29.